The monoisotopic (exact) mass is 174 g/mol. The molecular weight excluding hydrogens is 160 g/mol. The molecule has 0 aliphatic carbocycles. The van der Waals surface area contributed by atoms with Crippen molar-refractivity contribution in [3.63, 3.8) is 0 Å². The van der Waals surface area contributed by atoms with Gasteiger partial charge in [0.1, 0.15) is 0 Å². The number of β-amino-alcohol motifs (C(OH)–C–C–N with tert-alkyl or cyclic N) is 2. The van der Waals surface area contributed by atoms with Gasteiger partial charge in [-0.1, -0.05) is 0 Å². The normalized spacial score (nSPS) is 32.2. The van der Waals surface area contributed by atoms with Crippen molar-refractivity contribution in [1.82, 2.24) is 4.90 Å². The highest BCUT2D eigenvalue weighted by atomic mass is 16.3. The molecule has 1 rings (SSSR count). The van der Waals surface area contributed by atoms with Crippen LogP contribution in [0.1, 0.15) is 6.92 Å². The summed E-state index contributed by atoms with van der Waals surface area (Å²) in [7, 11) is 0. The van der Waals surface area contributed by atoms with Gasteiger partial charge in [-0.15, -0.1) is 0 Å². The van der Waals surface area contributed by atoms with Crippen LogP contribution in [-0.2, 0) is 4.79 Å². The fourth-order valence-electron chi connectivity index (χ4n) is 1.24. The molecule has 1 heterocycles. The highest BCUT2D eigenvalue weighted by molar-refractivity contribution is 5.81. The fraction of sp³-hybridized carbons (Fsp3) is 0.857. The molecule has 70 valence electrons. The lowest BCUT2D eigenvalue weighted by Crippen LogP contribution is -2.41. The molecule has 12 heavy (non-hydrogen) atoms. The summed E-state index contributed by atoms with van der Waals surface area (Å²) in [6.07, 6.45) is -1.65. The highest BCUT2D eigenvalue weighted by Gasteiger charge is 2.33. The molecule has 0 spiro atoms. The van der Waals surface area contributed by atoms with E-state index in [2.05, 4.69) is 0 Å². The van der Waals surface area contributed by atoms with E-state index in [1.807, 2.05) is 0 Å². The molecule has 1 aliphatic heterocycles. The number of amides is 1. The third-order valence-electron chi connectivity index (χ3n) is 1.96. The summed E-state index contributed by atoms with van der Waals surface area (Å²) in [6, 6.07) is -0.567. The minimum atomic E-state index is -0.826. The zero-order valence-corrected chi connectivity index (χ0v) is 6.97. The number of aliphatic hydroxyl groups excluding tert-OH is 2. The van der Waals surface area contributed by atoms with Crippen molar-refractivity contribution in [2.45, 2.75) is 25.2 Å². The maximum absolute atomic E-state index is 11.2. The number of carbonyl (C=O) groups is 1. The summed E-state index contributed by atoms with van der Waals surface area (Å²) in [5, 5.41) is 18.2. The molecule has 4 N–H and O–H groups in total. The Morgan fingerprint density at radius 1 is 1.50 bits per heavy atom. The first-order valence-corrected chi connectivity index (χ1v) is 3.93. The number of nitrogens with zero attached hydrogens (tertiary/aromatic N) is 1. The largest absolute Gasteiger partial charge is 0.388 e. The molecule has 0 aromatic heterocycles. The third-order valence-corrected chi connectivity index (χ3v) is 1.96. The predicted molar refractivity (Wildman–Crippen MR) is 42.2 cm³/mol. The van der Waals surface area contributed by atoms with Crippen LogP contribution in [-0.4, -0.2) is 52.4 Å². The predicted octanol–water partition coefficient (Wildman–Crippen LogP) is -2.10. The SMILES string of the molecule is C[C@@H](N)C(=O)N1CC(O)C(O)C1. The second kappa shape index (κ2) is 3.38. The number of carbonyl (C=O) groups excluding carboxylic acids is 1. The van der Waals surface area contributed by atoms with Gasteiger partial charge >= 0.3 is 0 Å². The van der Waals surface area contributed by atoms with Crippen molar-refractivity contribution in [3.8, 4) is 0 Å². The molecule has 0 aromatic carbocycles. The van der Waals surface area contributed by atoms with Gasteiger partial charge in [-0.25, -0.2) is 0 Å². The number of aliphatic hydroxyl groups is 2. The van der Waals surface area contributed by atoms with Gasteiger partial charge < -0.3 is 20.8 Å². The molecule has 0 aromatic rings. The molecule has 3 atom stereocenters. The second-order valence-corrected chi connectivity index (χ2v) is 3.17. The number of hydrogen-bond acceptors (Lipinski definition) is 4. The second-order valence-electron chi connectivity index (χ2n) is 3.17. The standard InChI is InChI=1S/C7H14N2O3/c1-4(8)7(12)9-2-5(10)6(11)3-9/h4-6,10-11H,2-3,8H2,1H3/t4-,5?,6?/m1/s1. The van der Waals surface area contributed by atoms with E-state index in [9.17, 15) is 4.79 Å². The minimum Gasteiger partial charge on any atom is -0.388 e. The summed E-state index contributed by atoms with van der Waals surface area (Å²) in [5.41, 5.74) is 5.35. The topological polar surface area (TPSA) is 86.8 Å². The lowest BCUT2D eigenvalue weighted by atomic mass is 10.3. The van der Waals surface area contributed by atoms with E-state index in [0.717, 1.165) is 0 Å². The van der Waals surface area contributed by atoms with Crippen LogP contribution >= 0.6 is 0 Å². The Kier molecular flexibility index (Phi) is 2.66. The van der Waals surface area contributed by atoms with Crippen LogP contribution in [0, 0.1) is 0 Å². The van der Waals surface area contributed by atoms with Gasteiger partial charge in [-0.3, -0.25) is 4.79 Å². The van der Waals surface area contributed by atoms with E-state index in [-0.39, 0.29) is 19.0 Å². The van der Waals surface area contributed by atoms with Crippen molar-refractivity contribution in [1.29, 1.82) is 0 Å². The Morgan fingerprint density at radius 3 is 2.25 bits per heavy atom. The van der Waals surface area contributed by atoms with Crippen molar-refractivity contribution < 1.29 is 15.0 Å². The first-order chi connectivity index (χ1) is 5.52. The van der Waals surface area contributed by atoms with E-state index in [1.54, 1.807) is 6.92 Å². The maximum atomic E-state index is 11.2. The van der Waals surface area contributed by atoms with Crippen molar-refractivity contribution in [2.75, 3.05) is 13.1 Å². The maximum Gasteiger partial charge on any atom is 0.239 e. The van der Waals surface area contributed by atoms with Crippen molar-refractivity contribution in [2.24, 2.45) is 5.73 Å². The van der Waals surface area contributed by atoms with E-state index in [1.165, 1.54) is 4.90 Å². The van der Waals surface area contributed by atoms with Gasteiger partial charge in [-0.05, 0) is 6.92 Å². The highest BCUT2D eigenvalue weighted by Crippen LogP contribution is 2.10. The quantitative estimate of drug-likeness (QED) is 0.425. The Labute approximate surface area is 70.8 Å². The van der Waals surface area contributed by atoms with E-state index in [0.29, 0.717) is 0 Å². The molecular formula is C7H14N2O3. The van der Waals surface area contributed by atoms with Gasteiger partial charge in [0.05, 0.1) is 18.2 Å². The Bertz CT molecular complexity index is 173. The van der Waals surface area contributed by atoms with Gasteiger partial charge in [0, 0.05) is 13.1 Å². The Hall–Kier alpha value is -0.650. The minimum absolute atomic E-state index is 0.182. The number of likely N-dealkylation sites (tertiary alicyclic amines) is 1. The van der Waals surface area contributed by atoms with Crippen LogP contribution in [0.2, 0.25) is 0 Å². The first kappa shape index (κ1) is 9.44. The summed E-state index contributed by atoms with van der Waals surface area (Å²) in [6.45, 7) is 1.95. The molecule has 1 amide bonds. The van der Waals surface area contributed by atoms with Crippen LogP contribution in [0.4, 0.5) is 0 Å². The van der Waals surface area contributed by atoms with Crippen LogP contribution in [0.25, 0.3) is 0 Å². The lowest BCUT2D eigenvalue weighted by molar-refractivity contribution is -0.131. The van der Waals surface area contributed by atoms with Gasteiger partial charge in [0.2, 0.25) is 5.91 Å². The molecule has 5 nitrogen and oxygen atoms in total. The van der Waals surface area contributed by atoms with E-state index in [4.69, 9.17) is 15.9 Å². The van der Waals surface area contributed by atoms with Crippen LogP contribution in [0.5, 0.6) is 0 Å². The zero-order valence-electron chi connectivity index (χ0n) is 6.97. The van der Waals surface area contributed by atoms with Gasteiger partial charge in [-0.2, -0.15) is 0 Å². The number of rotatable bonds is 1. The molecule has 2 unspecified atom stereocenters. The van der Waals surface area contributed by atoms with E-state index >= 15 is 0 Å². The molecule has 0 saturated carbocycles. The Morgan fingerprint density at radius 2 is 1.92 bits per heavy atom. The number of nitrogens with two attached hydrogens (primary N) is 1. The van der Waals surface area contributed by atoms with Gasteiger partial charge in [0.15, 0.2) is 0 Å². The lowest BCUT2D eigenvalue weighted by Gasteiger charge is -2.17. The summed E-state index contributed by atoms with van der Waals surface area (Å²) < 4.78 is 0. The van der Waals surface area contributed by atoms with Crippen molar-refractivity contribution in [3.05, 3.63) is 0 Å². The van der Waals surface area contributed by atoms with Crippen LogP contribution in [0.15, 0.2) is 0 Å². The molecule has 1 fully saturated rings. The van der Waals surface area contributed by atoms with Crippen molar-refractivity contribution >= 4 is 5.91 Å². The summed E-state index contributed by atoms with van der Waals surface area (Å²) in [5.74, 6) is -0.231. The first-order valence-electron chi connectivity index (χ1n) is 3.93. The Balaban J connectivity index is 2.52. The zero-order chi connectivity index (χ0) is 9.30. The molecule has 5 heteroatoms. The smallest absolute Gasteiger partial charge is 0.239 e. The third kappa shape index (κ3) is 1.74. The van der Waals surface area contributed by atoms with Crippen LogP contribution in [0.3, 0.4) is 0 Å². The molecule has 1 saturated heterocycles. The average Bonchev–Trinajstić information content (AvgIpc) is 2.30. The van der Waals surface area contributed by atoms with Crippen LogP contribution < -0.4 is 5.73 Å². The summed E-state index contributed by atoms with van der Waals surface area (Å²) >= 11 is 0. The molecule has 0 radical (unpaired) electrons. The van der Waals surface area contributed by atoms with Gasteiger partial charge in [0.25, 0.3) is 0 Å². The summed E-state index contributed by atoms with van der Waals surface area (Å²) in [4.78, 5) is 12.6. The van der Waals surface area contributed by atoms with E-state index < -0.39 is 18.2 Å². The fourth-order valence-corrected chi connectivity index (χ4v) is 1.24. The number of hydrogen-bond donors (Lipinski definition) is 3. The molecule has 1 aliphatic rings. The average molecular weight is 174 g/mol. The molecule has 0 bridgehead atoms.